The Balaban J connectivity index is 1.54. The van der Waals surface area contributed by atoms with Crippen LogP contribution in [0.15, 0.2) is 30.3 Å². The minimum atomic E-state index is -0.643. The standard InChI is InChI=1S/C20H28N4O/c1-17(19(25)22-20(16-21)10-6-3-7-11-20)23-12-14-24(15-13-23)18-8-4-2-5-9-18/h2,4-5,8-9,17H,3,6-7,10-15H2,1H3,(H,22,25)/t17-/m1/s1. The van der Waals surface area contributed by atoms with Gasteiger partial charge in [0.1, 0.15) is 5.54 Å². The molecule has 25 heavy (non-hydrogen) atoms. The lowest BCUT2D eigenvalue weighted by Crippen LogP contribution is -2.58. The third-order valence-corrected chi connectivity index (χ3v) is 5.65. The van der Waals surface area contributed by atoms with Gasteiger partial charge in [0.25, 0.3) is 0 Å². The average molecular weight is 340 g/mol. The molecule has 0 spiro atoms. The molecule has 3 rings (SSSR count). The summed E-state index contributed by atoms with van der Waals surface area (Å²) in [5.41, 5.74) is 0.597. The topological polar surface area (TPSA) is 59.4 Å². The van der Waals surface area contributed by atoms with Gasteiger partial charge in [-0.25, -0.2) is 0 Å². The monoisotopic (exact) mass is 340 g/mol. The van der Waals surface area contributed by atoms with E-state index in [0.717, 1.165) is 58.3 Å². The molecule has 5 heteroatoms. The van der Waals surface area contributed by atoms with E-state index in [2.05, 4.69) is 45.5 Å². The van der Waals surface area contributed by atoms with Gasteiger partial charge in [-0.05, 0) is 31.9 Å². The highest BCUT2D eigenvalue weighted by atomic mass is 16.2. The molecule has 0 bridgehead atoms. The summed E-state index contributed by atoms with van der Waals surface area (Å²) in [6.07, 6.45) is 4.78. The van der Waals surface area contributed by atoms with Crippen LogP contribution in [0.2, 0.25) is 0 Å². The van der Waals surface area contributed by atoms with Gasteiger partial charge in [-0.15, -0.1) is 0 Å². The van der Waals surface area contributed by atoms with Crippen molar-refractivity contribution in [2.45, 2.75) is 50.6 Å². The van der Waals surface area contributed by atoms with Crippen LogP contribution in [0.3, 0.4) is 0 Å². The van der Waals surface area contributed by atoms with Crippen molar-refractivity contribution >= 4 is 11.6 Å². The normalized spacial score (nSPS) is 22.0. The highest BCUT2D eigenvalue weighted by molar-refractivity contribution is 5.82. The SMILES string of the molecule is C[C@H](C(=O)NC1(C#N)CCCCC1)N1CCN(c2ccccc2)CC1. The Labute approximate surface area is 150 Å². The first-order chi connectivity index (χ1) is 12.1. The number of para-hydroxylation sites is 1. The summed E-state index contributed by atoms with van der Waals surface area (Å²) in [5, 5.41) is 12.6. The molecule has 1 saturated heterocycles. The third kappa shape index (κ3) is 4.13. The number of carbonyl (C=O) groups is 1. The van der Waals surface area contributed by atoms with Crippen molar-refractivity contribution in [1.29, 1.82) is 5.26 Å². The third-order valence-electron chi connectivity index (χ3n) is 5.65. The van der Waals surface area contributed by atoms with Crippen molar-refractivity contribution in [3.63, 3.8) is 0 Å². The number of nitrogens with zero attached hydrogens (tertiary/aromatic N) is 3. The van der Waals surface area contributed by atoms with Crippen LogP contribution >= 0.6 is 0 Å². The van der Waals surface area contributed by atoms with Crippen LogP contribution in [0.5, 0.6) is 0 Å². The number of rotatable bonds is 4. The van der Waals surface area contributed by atoms with Crippen molar-refractivity contribution in [3.8, 4) is 6.07 Å². The minimum Gasteiger partial charge on any atom is -0.369 e. The second-order valence-electron chi connectivity index (χ2n) is 7.28. The van der Waals surface area contributed by atoms with Crippen LogP contribution in [-0.4, -0.2) is 48.6 Å². The fourth-order valence-electron chi connectivity index (χ4n) is 3.93. The molecule has 1 aliphatic carbocycles. The highest BCUT2D eigenvalue weighted by Gasteiger charge is 2.36. The van der Waals surface area contributed by atoms with Crippen molar-refractivity contribution in [1.82, 2.24) is 10.2 Å². The molecule has 2 fully saturated rings. The van der Waals surface area contributed by atoms with E-state index in [1.54, 1.807) is 0 Å². The van der Waals surface area contributed by atoms with Crippen molar-refractivity contribution in [3.05, 3.63) is 30.3 Å². The summed E-state index contributed by atoms with van der Waals surface area (Å²) >= 11 is 0. The van der Waals surface area contributed by atoms with Gasteiger partial charge in [-0.3, -0.25) is 9.69 Å². The number of nitriles is 1. The van der Waals surface area contributed by atoms with Gasteiger partial charge >= 0.3 is 0 Å². The lowest BCUT2D eigenvalue weighted by atomic mass is 9.82. The number of nitrogens with one attached hydrogen (secondary N) is 1. The van der Waals surface area contributed by atoms with Gasteiger partial charge in [0.05, 0.1) is 12.1 Å². The molecule has 1 saturated carbocycles. The summed E-state index contributed by atoms with van der Waals surface area (Å²) in [4.78, 5) is 17.3. The summed E-state index contributed by atoms with van der Waals surface area (Å²) in [6, 6.07) is 12.6. The molecule has 1 aliphatic heterocycles. The zero-order valence-corrected chi connectivity index (χ0v) is 15.1. The minimum absolute atomic E-state index is 0.00314. The summed E-state index contributed by atoms with van der Waals surface area (Å²) in [6.45, 7) is 5.53. The van der Waals surface area contributed by atoms with Gasteiger partial charge in [0.15, 0.2) is 0 Å². The van der Waals surface area contributed by atoms with Crippen molar-refractivity contribution < 1.29 is 4.79 Å². The van der Waals surface area contributed by atoms with Crippen LogP contribution in [0, 0.1) is 11.3 Å². The molecule has 5 nitrogen and oxygen atoms in total. The van der Waals surface area contributed by atoms with Gasteiger partial charge in [-0.1, -0.05) is 37.5 Å². The van der Waals surface area contributed by atoms with E-state index in [1.165, 1.54) is 5.69 Å². The Hall–Kier alpha value is -2.06. The van der Waals surface area contributed by atoms with E-state index < -0.39 is 5.54 Å². The van der Waals surface area contributed by atoms with E-state index >= 15 is 0 Å². The molecule has 1 atom stereocenters. The Bertz CT molecular complexity index is 610. The van der Waals surface area contributed by atoms with E-state index in [1.807, 2.05) is 13.0 Å². The number of piperazine rings is 1. The lowest BCUT2D eigenvalue weighted by molar-refractivity contribution is -0.127. The number of carbonyl (C=O) groups excluding carboxylic acids is 1. The lowest BCUT2D eigenvalue weighted by Gasteiger charge is -2.40. The van der Waals surface area contributed by atoms with Gasteiger partial charge in [-0.2, -0.15) is 5.26 Å². The van der Waals surface area contributed by atoms with E-state index in [4.69, 9.17) is 0 Å². The van der Waals surface area contributed by atoms with E-state index in [-0.39, 0.29) is 11.9 Å². The number of benzene rings is 1. The largest absolute Gasteiger partial charge is 0.369 e. The molecule has 0 aromatic heterocycles. The molecule has 1 aromatic carbocycles. The van der Waals surface area contributed by atoms with Crippen molar-refractivity contribution in [2.24, 2.45) is 0 Å². The van der Waals surface area contributed by atoms with Crippen LogP contribution in [-0.2, 0) is 4.79 Å². The van der Waals surface area contributed by atoms with Crippen LogP contribution in [0.1, 0.15) is 39.0 Å². The number of hydrogen-bond acceptors (Lipinski definition) is 4. The maximum atomic E-state index is 12.7. The smallest absolute Gasteiger partial charge is 0.238 e. The predicted octanol–water partition coefficient (Wildman–Crippen LogP) is 2.54. The number of anilines is 1. The van der Waals surface area contributed by atoms with Gasteiger partial charge in [0.2, 0.25) is 5.91 Å². The maximum Gasteiger partial charge on any atom is 0.238 e. The van der Waals surface area contributed by atoms with Crippen LogP contribution in [0.4, 0.5) is 5.69 Å². The first kappa shape index (κ1) is 17.8. The molecule has 134 valence electrons. The first-order valence-corrected chi connectivity index (χ1v) is 9.41. The quantitative estimate of drug-likeness (QED) is 0.915. The Morgan fingerprint density at radius 3 is 2.36 bits per heavy atom. The maximum absolute atomic E-state index is 12.7. The number of hydrogen-bond donors (Lipinski definition) is 1. The fraction of sp³-hybridized carbons (Fsp3) is 0.600. The Kier molecular flexibility index (Phi) is 5.60. The van der Waals surface area contributed by atoms with Crippen LogP contribution < -0.4 is 10.2 Å². The molecular weight excluding hydrogens is 312 g/mol. The summed E-state index contributed by atoms with van der Waals surface area (Å²) in [7, 11) is 0. The van der Waals surface area contributed by atoms with Crippen LogP contribution in [0.25, 0.3) is 0 Å². The summed E-state index contributed by atoms with van der Waals surface area (Å²) in [5.74, 6) is -0.00314. The molecule has 1 heterocycles. The highest BCUT2D eigenvalue weighted by Crippen LogP contribution is 2.28. The second kappa shape index (κ2) is 7.88. The molecule has 1 amide bonds. The Morgan fingerprint density at radius 2 is 1.76 bits per heavy atom. The van der Waals surface area contributed by atoms with Crippen molar-refractivity contribution in [2.75, 3.05) is 31.1 Å². The fourth-order valence-corrected chi connectivity index (χ4v) is 3.93. The zero-order valence-electron chi connectivity index (χ0n) is 15.1. The zero-order chi connectivity index (χ0) is 17.7. The van der Waals surface area contributed by atoms with E-state index in [0.29, 0.717) is 0 Å². The van der Waals surface area contributed by atoms with Gasteiger partial charge < -0.3 is 10.2 Å². The molecule has 2 aliphatic rings. The molecular formula is C20H28N4O. The average Bonchev–Trinajstić information content (AvgIpc) is 2.69. The van der Waals surface area contributed by atoms with Gasteiger partial charge in [0, 0.05) is 31.9 Å². The predicted molar refractivity (Wildman–Crippen MR) is 99.3 cm³/mol. The summed E-state index contributed by atoms with van der Waals surface area (Å²) < 4.78 is 0. The molecule has 1 aromatic rings. The Morgan fingerprint density at radius 1 is 1.12 bits per heavy atom. The first-order valence-electron chi connectivity index (χ1n) is 9.41. The molecule has 0 radical (unpaired) electrons. The molecule has 1 N–H and O–H groups in total. The van der Waals surface area contributed by atoms with E-state index in [9.17, 15) is 10.1 Å². The second-order valence-corrected chi connectivity index (χ2v) is 7.28. The molecule has 0 unspecified atom stereocenters. The number of amides is 1.